The average Bonchev–Trinajstić information content (AvgIpc) is 2.87. The van der Waals surface area contributed by atoms with E-state index in [1.807, 2.05) is 25.1 Å². The molecule has 1 aliphatic heterocycles. The molecule has 12 nitrogen and oxygen atoms in total. The first-order chi connectivity index (χ1) is 18.0. The highest BCUT2D eigenvalue weighted by Crippen LogP contribution is 2.41. The number of anilines is 1. The van der Waals surface area contributed by atoms with Crippen molar-refractivity contribution in [3.05, 3.63) is 47.2 Å². The summed E-state index contributed by atoms with van der Waals surface area (Å²) in [5, 5.41) is 24.5. The summed E-state index contributed by atoms with van der Waals surface area (Å²) in [5.74, 6) is -1.32. The van der Waals surface area contributed by atoms with Crippen LogP contribution in [0.25, 0.3) is 0 Å². The predicted molar refractivity (Wildman–Crippen MR) is 141 cm³/mol. The van der Waals surface area contributed by atoms with Gasteiger partial charge < -0.3 is 36.1 Å². The van der Waals surface area contributed by atoms with E-state index in [-0.39, 0.29) is 37.4 Å². The second kappa shape index (κ2) is 14.7. The molecule has 1 aromatic heterocycles. The van der Waals surface area contributed by atoms with E-state index >= 15 is 0 Å². The minimum absolute atomic E-state index is 0.0470. The molecule has 0 unspecified atom stereocenters. The average molecular weight is 550 g/mol. The molecule has 1 aromatic carbocycles. The highest BCUT2D eigenvalue weighted by molar-refractivity contribution is 6.32. The van der Waals surface area contributed by atoms with Crippen molar-refractivity contribution in [2.24, 2.45) is 11.5 Å². The Morgan fingerprint density at radius 3 is 2.61 bits per heavy atom. The number of amides is 1. The van der Waals surface area contributed by atoms with Gasteiger partial charge in [0.25, 0.3) is 5.91 Å². The number of benzene rings is 1. The number of pyridine rings is 1. The number of nitrogens with one attached hydrogen (secondary N) is 1. The zero-order chi connectivity index (χ0) is 28.2. The number of hydrogen-bond donors (Lipinski definition) is 5. The summed E-state index contributed by atoms with van der Waals surface area (Å²) in [6.07, 6.45) is 3.58. The quantitative estimate of drug-likeness (QED) is 0.149. The zero-order valence-corrected chi connectivity index (χ0v) is 21.7. The molecule has 0 bridgehead atoms. The van der Waals surface area contributed by atoms with Crippen molar-refractivity contribution >= 4 is 41.0 Å². The topological polar surface area (TPSA) is 202 Å². The van der Waals surface area contributed by atoms with Crippen molar-refractivity contribution < 1.29 is 34.1 Å². The maximum atomic E-state index is 12.1. The van der Waals surface area contributed by atoms with Crippen molar-refractivity contribution in [2.45, 2.75) is 51.2 Å². The fourth-order valence-corrected chi connectivity index (χ4v) is 3.62. The minimum atomic E-state index is -0.985. The van der Waals surface area contributed by atoms with E-state index in [2.05, 4.69) is 4.98 Å². The van der Waals surface area contributed by atoms with Crippen LogP contribution >= 0.6 is 11.6 Å². The van der Waals surface area contributed by atoms with E-state index in [0.29, 0.717) is 41.5 Å². The van der Waals surface area contributed by atoms with Gasteiger partial charge in [0.15, 0.2) is 6.61 Å². The molecule has 0 spiro atoms. The molecule has 1 amide bonds. The molecule has 7 N–H and O–H groups in total. The molecule has 206 valence electrons. The van der Waals surface area contributed by atoms with Crippen LogP contribution in [-0.2, 0) is 14.4 Å². The van der Waals surface area contributed by atoms with Crippen LogP contribution in [0.5, 0.6) is 11.5 Å². The number of carboxylic acids is 2. The largest absolute Gasteiger partial charge is 0.483 e. The summed E-state index contributed by atoms with van der Waals surface area (Å²) in [5.41, 5.74) is 11.5. The molecule has 38 heavy (non-hydrogen) atoms. The van der Waals surface area contributed by atoms with Crippen molar-refractivity contribution in [3.63, 3.8) is 0 Å². The van der Waals surface area contributed by atoms with Crippen molar-refractivity contribution in [1.82, 2.24) is 4.98 Å². The van der Waals surface area contributed by atoms with Crippen LogP contribution in [0, 0.1) is 5.41 Å². The van der Waals surface area contributed by atoms with E-state index in [4.69, 9.17) is 48.2 Å². The number of carbonyl (C=O) groups is 3. The van der Waals surface area contributed by atoms with Gasteiger partial charge in [0.1, 0.15) is 23.6 Å². The molecule has 0 saturated heterocycles. The second-order valence-corrected chi connectivity index (χ2v) is 8.87. The van der Waals surface area contributed by atoms with Gasteiger partial charge in [-0.15, -0.1) is 0 Å². The van der Waals surface area contributed by atoms with Gasteiger partial charge in [-0.1, -0.05) is 24.1 Å². The molecule has 13 heteroatoms. The maximum absolute atomic E-state index is 12.1. The van der Waals surface area contributed by atoms with Crippen LogP contribution in [-0.4, -0.2) is 58.1 Å². The van der Waals surface area contributed by atoms with E-state index in [1.165, 1.54) is 4.90 Å². The number of nitrogens with two attached hydrogens (primary N) is 2. The fourth-order valence-electron chi connectivity index (χ4n) is 3.42. The molecular formula is C25H32ClN5O7. The summed E-state index contributed by atoms with van der Waals surface area (Å²) in [7, 11) is 0. The first-order valence-corrected chi connectivity index (χ1v) is 12.2. The molecule has 0 radical (unpaired) electrons. The number of halogens is 1. The Hall–Kier alpha value is -3.90. The molecule has 3 rings (SSSR count). The number of nitrogens with zero attached hydrogens (tertiary/aromatic N) is 2. The monoisotopic (exact) mass is 549 g/mol. The third-order valence-corrected chi connectivity index (χ3v) is 5.74. The first-order valence-electron chi connectivity index (χ1n) is 11.9. The van der Waals surface area contributed by atoms with Crippen molar-refractivity contribution in [1.29, 1.82) is 5.41 Å². The van der Waals surface area contributed by atoms with Gasteiger partial charge in [-0.05, 0) is 38.0 Å². The van der Waals surface area contributed by atoms with Crippen molar-refractivity contribution in [2.75, 3.05) is 18.1 Å². The number of aromatic nitrogens is 1. The Morgan fingerprint density at radius 2 is 2.00 bits per heavy atom. The highest BCUT2D eigenvalue weighted by atomic mass is 35.5. The zero-order valence-electron chi connectivity index (χ0n) is 20.9. The van der Waals surface area contributed by atoms with E-state index < -0.39 is 18.0 Å². The SMILES string of the molecule is C[C@@H](Oc1cc2c(cc1Cl)N(CCC(=O)O)C(=O)CO2)c1ccccn1.N=C(N)CCCC[C@H](N)C(=O)O. The Bertz CT molecular complexity index is 1130. The Balaban J connectivity index is 0.000000358. The second-order valence-electron chi connectivity index (χ2n) is 8.46. The molecule has 2 atom stereocenters. The van der Waals surface area contributed by atoms with E-state index in [9.17, 15) is 14.4 Å². The lowest BCUT2D eigenvalue weighted by Gasteiger charge is -2.30. The van der Waals surface area contributed by atoms with Gasteiger partial charge >= 0.3 is 11.9 Å². The van der Waals surface area contributed by atoms with E-state index in [0.717, 1.165) is 12.1 Å². The lowest BCUT2D eigenvalue weighted by atomic mass is 10.1. The van der Waals surface area contributed by atoms with Crippen LogP contribution in [0.15, 0.2) is 36.5 Å². The first kappa shape index (κ1) is 30.3. The van der Waals surface area contributed by atoms with E-state index in [1.54, 1.807) is 18.3 Å². The van der Waals surface area contributed by atoms with Crippen LogP contribution in [0.4, 0.5) is 5.69 Å². The van der Waals surface area contributed by atoms with Gasteiger partial charge in [-0.25, -0.2) is 0 Å². The standard InChI is InChI=1S/C18H17ClN2O5.C7H15N3O2/c1-11(13-4-2-3-6-20-13)26-15-9-16-14(8-12(15)19)21(7-5-18(23)24)17(22)10-25-16;8-5(7(11)12)3-1-2-4-6(9)10/h2-4,6,8-9,11H,5,7,10H2,1H3,(H,23,24);5H,1-4,8H2,(H3,9,10)(H,11,12)/t11-;5-/m10/s1. The molecule has 0 fully saturated rings. The number of amidine groups is 1. The van der Waals surface area contributed by atoms with Crippen LogP contribution in [0.3, 0.4) is 0 Å². The lowest BCUT2D eigenvalue weighted by Crippen LogP contribution is -2.40. The summed E-state index contributed by atoms with van der Waals surface area (Å²) in [4.78, 5) is 38.7. The third kappa shape index (κ3) is 9.52. The minimum Gasteiger partial charge on any atom is -0.483 e. The molecule has 1 aliphatic rings. The summed E-state index contributed by atoms with van der Waals surface area (Å²) in [6.45, 7) is 1.73. The Labute approximate surface area is 225 Å². The smallest absolute Gasteiger partial charge is 0.320 e. The number of carbonyl (C=O) groups excluding carboxylic acids is 1. The van der Waals surface area contributed by atoms with Crippen LogP contribution < -0.4 is 25.8 Å². The number of aliphatic carboxylic acids is 2. The lowest BCUT2D eigenvalue weighted by molar-refractivity contribution is -0.139. The summed E-state index contributed by atoms with van der Waals surface area (Å²) >= 11 is 6.31. The number of fused-ring (bicyclic) bond motifs is 1. The predicted octanol–water partition coefficient (Wildman–Crippen LogP) is 2.97. The fraction of sp³-hybridized carbons (Fsp3) is 0.400. The number of hydrogen-bond acceptors (Lipinski definition) is 8. The normalized spacial score (nSPS) is 13.8. The van der Waals surface area contributed by atoms with Gasteiger partial charge in [-0.3, -0.25) is 24.8 Å². The third-order valence-electron chi connectivity index (χ3n) is 5.44. The molecule has 2 aromatic rings. The van der Waals surface area contributed by atoms with Crippen LogP contribution in [0.1, 0.15) is 50.8 Å². The Kier molecular flexibility index (Phi) is 11.8. The molecule has 0 saturated carbocycles. The molecule has 2 heterocycles. The molecule has 0 aliphatic carbocycles. The van der Waals surface area contributed by atoms with Crippen LogP contribution in [0.2, 0.25) is 5.02 Å². The summed E-state index contributed by atoms with van der Waals surface area (Å²) < 4.78 is 11.3. The van der Waals surface area contributed by atoms with Crippen molar-refractivity contribution in [3.8, 4) is 11.5 Å². The maximum Gasteiger partial charge on any atom is 0.320 e. The number of ether oxygens (including phenoxy) is 2. The van der Waals surface area contributed by atoms with Gasteiger partial charge in [0, 0.05) is 25.2 Å². The van der Waals surface area contributed by atoms with Gasteiger partial charge in [0.2, 0.25) is 0 Å². The number of unbranched alkanes of at least 4 members (excludes halogenated alkanes) is 1. The molecular weight excluding hydrogens is 518 g/mol. The highest BCUT2D eigenvalue weighted by Gasteiger charge is 2.28. The van der Waals surface area contributed by atoms with Gasteiger partial charge in [0.05, 0.1) is 28.7 Å². The Morgan fingerprint density at radius 1 is 1.26 bits per heavy atom. The number of rotatable bonds is 12. The van der Waals surface area contributed by atoms with Gasteiger partial charge in [-0.2, -0.15) is 0 Å². The number of carboxylic acid groups (broad SMARTS) is 2. The summed E-state index contributed by atoms with van der Waals surface area (Å²) in [6, 6.07) is 7.91.